The number of benzene rings is 1. The minimum atomic E-state index is -3.68. The minimum absolute atomic E-state index is 0.152. The fraction of sp³-hybridized carbons (Fsp3) is 0.167. The molecule has 2 rings (SSSR count). The number of aromatic amines is 1. The van der Waals surface area contributed by atoms with Crippen molar-refractivity contribution in [3.8, 4) is 0 Å². The quantitative estimate of drug-likeness (QED) is 0.784. The summed E-state index contributed by atoms with van der Waals surface area (Å²) in [7, 11) is -3.68. The predicted octanol–water partition coefficient (Wildman–Crippen LogP) is 1.58. The molecule has 18 heavy (non-hydrogen) atoms. The number of anilines is 1. The number of aromatic nitrogens is 1. The summed E-state index contributed by atoms with van der Waals surface area (Å²) in [6.07, 6.45) is 1.84. The van der Waals surface area contributed by atoms with Crippen LogP contribution in [-0.2, 0) is 16.6 Å². The van der Waals surface area contributed by atoms with Crippen LogP contribution < -0.4 is 10.5 Å². The van der Waals surface area contributed by atoms with E-state index in [1.54, 1.807) is 13.0 Å². The van der Waals surface area contributed by atoms with Gasteiger partial charge in [0.15, 0.2) is 0 Å². The van der Waals surface area contributed by atoms with Gasteiger partial charge in [-0.1, -0.05) is 6.07 Å². The molecule has 0 saturated heterocycles. The predicted molar refractivity (Wildman–Crippen MR) is 70.7 cm³/mol. The molecule has 0 unspecified atom stereocenters. The fourth-order valence-electron chi connectivity index (χ4n) is 1.78. The first-order chi connectivity index (χ1) is 8.48. The molecule has 6 heteroatoms. The maximum atomic E-state index is 11.4. The van der Waals surface area contributed by atoms with E-state index in [2.05, 4.69) is 10.3 Å². The average molecular weight is 265 g/mol. The Hall–Kier alpha value is -1.79. The van der Waals surface area contributed by atoms with E-state index in [1.165, 1.54) is 6.07 Å². The van der Waals surface area contributed by atoms with Crippen molar-refractivity contribution in [2.75, 3.05) is 5.32 Å². The Bertz CT molecular complexity index is 633. The smallest absolute Gasteiger partial charge is 0.238 e. The number of nitrogens with one attached hydrogen (secondary N) is 2. The Labute approximate surface area is 106 Å². The van der Waals surface area contributed by atoms with Crippen LogP contribution >= 0.6 is 0 Å². The number of rotatable bonds is 4. The van der Waals surface area contributed by atoms with Crippen LogP contribution in [0.4, 0.5) is 5.69 Å². The molecule has 0 bridgehead atoms. The highest BCUT2D eigenvalue weighted by atomic mass is 32.2. The lowest BCUT2D eigenvalue weighted by atomic mass is 10.2. The SMILES string of the molecule is Cc1c(NCc2ccc[nH]2)cccc1S(N)(=O)=O. The Morgan fingerprint density at radius 2 is 2.06 bits per heavy atom. The Morgan fingerprint density at radius 1 is 1.28 bits per heavy atom. The zero-order valence-electron chi connectivity index (χ0n) is 9.97. The monoisotopic (exact) mass is 265 g/mol. The molecule has 2 aromatic rings. The third-order valence-electron chi connectivity index (χ3n) is 2.72. The summed E-state index contributed by atoms with van der Waals surface area (Å²) < 4.78 is 22.8. The van der Waals surface area contributed by atoms with Crippen molar-refractivity contribution in [3.05, 3.63) is 47.8 Å². The zero-order valence-corrected chi connectivity index (χ0v) is 10.8. The van der Waals surface area contributed by atoms with Gasteiger partial charge in [-0.2, -0.15) is 0 Å². The number of hydrogen-bond acceptors (Lipinski definition) is 3. The molecule has 4 N–H and O–H groups in total. The fourth-order valence-corrected chi connectivity index (χ4v) is 2.59. The molecule has 0 radical (unpaired) electrons. The van der Waals surface area contributed by atoms with Crippen LogP contribution in [0.15, 0.2) is 41.4 Å². The van der Waals surface area contributed by atoms with E-state index in [0.29, 0.717) is 12.1 Å². The molecule has 1 aromatic heterocycles. The lowest BCUT2D eigenvalue weighted by molar-refractivity contribution is 0.597. The largest absolute Gasteiger partial charge is 0.379 e. The van der Waals surface area contributed by atoms with Gasteiger partial charge < -0.3 is 10.3 Å². The van der Waals surface area contributed by atoms with Crippen LogP contribution in [0.1, 0.15) is 11.3 Å². The molecule has 1 aromatic carbocycles. The number of primary sulfonamides is 1. The highest BCUT2D eigenvalue weighted by Gasteiger charge is 2.13. The summed E-state index contributed by atoms with van der Waals surface area (Å²) in [6.45, 7) is 2.33. The van der Waals surface area contributed by atoms with Gasteiger partial charge in [0.25, 0.3) is 0 Å². The molecule has 0 spiro atoms. The summed E-state index contributed by atoms with van der Waals surface area (Å²) in [4.78, 5) is 3.22. The molecule has 0 atom stereocenters. The van der Waals surface area contributed by atoms with E-state index >= 15 is 0 Å². The maximum Gasteiger partial charge on any atom is 0.238 e. The first kappa shape index (κ1) is 12.7. The number of hydrogen-bond donors (Lipinski definition) is 3. The summed E-state index contributed by atoms with van der Waals surface area (Å²) in [5.74, 6) is 0. The first-order valence-electron chi connectivity index (χ1n) is 5.47. The van der Waals surface area contributed by atoms with Gasteiger partial charge >= 0.3 is 0 Å². The standard InChI is InChI=1S/C12H15N3O2S/c1-9-11(15-8-10-4-3-7-14-10)5-2-6-12(9)18(13,16)17/h2-7,14-15H,8H2,1H3,(H2,13,16,17). The van der Waals surface area contributed by atoms with Crippen molar-refractivity contribution in [1.29, 1.82) is 0 Å². The van der Waals surface area contributed by atoms with Crippen molar-refractivity contribution < 1.29 is 8.42 Å². The lowest BCUT2D eigenvalue weighted by Gasteiger charge is -2.11. The molecule has 0 amide bonds. The van der Waals surface area contributed by atoms with Crippen molar-refractivity contribution in [2.24, 2.45) is 5.14 Å². The van der Waals surface area contributed by atoms with Gasteiger partial charge in [0.2, 0.25) is 10.0 Å². The topological polar surface area (TPSA) is 88.0 Å². The van der Waals surface area contributed by atoms with Gasteiger partial charge in [0, 0.05) is 17.6 Å². The third-order valence-corrected chi connectivity index (χ3v) is 3.78. The second kappa shape index (κ2) is 4.83. The van der Waals surface area contributed by atoms with E-state index in [0.717, 1.165) is 11.4 Å². The summed E-state index contributed by atoms with van der Waals surface area (Å²) >= 11 is 0. The van der Waals surface area contributed by atoms with Crippen LogP contribution in [0.25, 0.3) is 0 Å². The first-order valence-corrected chi connectivity index (χ1v) is 7.01. The van der Waals surface area contributed by atoms with Crippen LogP contribution in [0.5, 0.6) is 0 Å². The second-order valence-electron chi connectivity index (χ2n) is 4.02. The number of sulfonamides is 1. The molecule has 96 valence electrons. The Balaban J connectivity index is 2.24. The highest BCUT2D eigenvalue weighted by molar-refractivity contribution is 7.89. The van der Waals surface area contributed by atoms with E-state index in [9.17, 15) is 8.42 Å². The van der Waals surface area contributed by atoms with Crippen molar-refractivity contribution in [3.63, 3.8) is 0 Å². The molecule has 0 aliphatic heterocycles. The number of H-pyrrole nitrogens is 1. The van der Waals surface area contributed by atoms with E-state index in [4.69, 9.17) is 5.14 Å². The van der Waals surface area contributed by atoms with E-state index < -0.39 is 10.0 Å². The van der Waals surface area contributed by atoms with Gasteiger partial charge in [-0.25, -0.2) is 13.6 Å². The molecule has 0 fully saturated rings. The van der Waals surface area contributed by atoms with Gasteiger partial charge in [-0.15, -0.1) is 0 Å². The highest BCUT2D eigenvalue weighted by Crippen LogP contribution is 2.22. The van der Waals surface area contributed by atoms with Crippen molar-refractivity contribution in [1.82, 2.24) is 4.98 Å². The molecule has 0 aliphatic carbocycles. The Kier molecular flexibility index (Phi) is 3.40. The molecule has 0 saturated carbocycles. The molecule has 1 heterocycles. The van der Waals surface area contributed by atoms with Crippen LogP contribution in [0.3, 0.4) is 0 Å². The van der Waals surface area contributed by atoms with Gasteiger partial charge in [-0.05, 0) is 36.8 Å². The average Bonchev–Trinajstić information content (AvgIpc) is 2.79. The van der Waals surface area contributed by atoms with Gasteiger partial charge in [0.05, 0.1) is 11.4 Å². The third kappa shape index (κ3) is 2.72. The van der Waals surface area contributed by atoms with Gasteiger partial charge in [0.1, 0.15) is 0 Å². The normalized spacial score (nSPS) is 11.4. The zero-order chi connectivity index (χ0) is 13.2. The summed E-state index contributed by atoms with van der Waals surface area (Å²) in [5, 5.41) is 8.33. The van der Waals surface area contributed by atoms with Gasteiger partial charge in [-0.3, -0.25) is 0 Å². The van der Waals surface area contributed by atoms with E-state index in [-0.39, 0.29) is 4.90 Å². The molecular formula is C12H15N3O2S. The maximum absolute atomic E-state index is 11.4. The molecule has 5 nitrogen and oxygen atoms in total. The molecular weight excluding hydrogens is 250 g/mol. The minimum Gasteiger partial charge on any atom is -0.379 e. The van der Waals surface area contributed by atoms with Crippen LogP contribution in [0.2, 0.25) is 0 Å². The van der Waals surface area contributed by atoms with E-state index in [1.807, 2.05) is 24.4 Å². The van der Waals surface area contributed by atoms with Crippen molar-refractivity contribution in [2.45, 2.75) is 18.4 Å². The van der Waals surface area contributed by atoms with Crippen LogP contribution in [-0.4, -0.2) is 13.4 Å². The summed E-state index contributed by atoms with van der Waals surface area (Å²) in [6, 6.07) is 8.86. The lowest BCUT2D eigenvalue weighted by Crippen LogP contribution is -2.14. The Morgan fingerprint density at radius 3 is 2.67 bits per heavy atom. The van der Waals surface area contributed by atoms with Crippen LogP contribution in [0, 0.1) is 6.92 Å². The molecule has 0 aliphatic rings. The number of nitrogens with two attached hydrogens (primary N) is 1. The van der Waals surface area contributed by atoms with Crippen molar-refractivity contribution >= 4 is 15.7 Å². The summed E-state index contributed by atoms with van der Waals surface area (Å²) in [5.41, 5.74) is 2.41. The second-order valence-corrected chi connectivity index (χ2v) is 5.55.